The minimum atomic E-state index is -0.499. The fraction of sp³-hybridized carbons (Fsp3) is 0. The molecule has 17 heavy (non-hydrogen) atoms. The molecule has 0 unspecified atom stereocenters. The second-order valence-electron chi connectivity index (χ2n) is 3.54. The van der Waals surface area contributed by atoms with Gasteiger partial charge in [-0.25, -0.2) is 4.39 Å². The Balaban J connectivity index is 2.39. The van der Waals surface area contributed by atoms with Crippen molar-refractivity contribution in [1.82, 2.24) is 0 Å². The van der Waals surface area contributed by atoms with Gasteiger partial charge in [0.2, 0.25) is 0 Å². The number of nitrogens with two attached hydrogens (primary N) is 1. The van der Waals surface area contributed by atoms with Gasteiger partial charge in [-0.2, -0.15) is 0 Å². The average Bonchev–Trinajstić information content (AvgIpc) is 2.33. The quantitative estimate of drug-likeness (QED) is 0.491. The Morgan fingerprint density at radius 2 is 1.65 bits per heavy atom. The van der Waals surface area contributed by atoms with Crippen LogP contribution in [0.15, 0.2) is 42.5 Å². The van der Waals surface area contributed by atoms with Gasteiger partial charge in [0.15, 0.2) is 0 Å². The molecule has 0 amide bonds. The van der Waals surface area contributed by atoms with Crippen LogP contribution in [0.4, 0.5) is 15.8 Å². The number of nitro groups is 1. The van der Waals surface area contributed by atoms with Crippen LogP contribution in [0, 0.1) is 15.9 Å². The van der Waals surface area contributed by atoms with E-state index in [9.17, 15) is 14.5 Å². The maximum absolute atomic E-state index is 13.2. The van der Waals surface area contributed by atoms with Crippen molar-refractivity contribution in [1.29, 1.82) is 0 Å². The first-order valence-corrected chi connectivity index (χ1v) is 4.88. The first-order valence-electron chi connectivity index (χ1n) is 4.88. The van der Waals surface area contributed by atoms with Crippen LogP contribution in [0.3, 0.4) is 0 Å². The van der Waals surface area contributed by atoms with Crippen LogP contribution in [0.25, 0.3) is 11.1 Å². The zero-order valence-corrected chi connectivity index (χ0v) is 8.76. The molecule has 0 fully saturated rings. The van der Waals surface area contributed by atoms with E-state index in [0.717, 1.165) is 0 Å². The molecule has 0 saturated heterocycles. The molecule has 5 heteroatoms. The highest BCUT2D eigenvalue weighted by atomic mass is 19.1. The lowest BCUT2D eigenvalue weighted by Gasteiger charge is -2.03. The fourth-order valence-corrected chi connectivity index (χ4v) is 1.48. The standard InChI is InChI=1S/C12H9FN2O2/c13-11-7-9(3-6-12(11)14)8-1-4-10(5-2-8)15(16)17/h1-7H,14H2. The number of hydrogen-bond donors (Lipinski definition) is 1. The maximum Gasteiger partial charge on any atom is 0.269 e. The molecule has 2 aromatic carbocycles. The molecule has 2 N–H and O–H groups in total. The Labute approximate surface area is 96.6 Å². The first kappa shape index (κ1) is 11.1. The van der Waals surface area contributed by atoms with Gasteiger partial charge in [0.1, 0.15) is 5.82 Å². The van der Waals surface area contributed by atoms with E-state index in [4.69, 9.17) is 5.73 Å². The van der Waals surface area contributed by atoms with E-state index in [2.05, 4.69) is 0 Å². The minimum absolute atomic E-state index is 0.00432. The van der Waals surface area contributed by atoms with Crippen LogP contribution >= 0.6 is 0 Å². The molecular weight excluding hydrogens is 223 g/mol. The molecule has 0 saturated carbocycles. The molecule has 86 valence electrons. The summed E-state index contributed by atoms with van der Waals surface area (Å²) in [4.78, 5) is 10.00. The smallest absolute Gasteiger partial charge is 0.269 e. The molecule has 0 aromatic heterocycles. The highest BCUT2D eigenvalue weighted by molar-refractivity contribution is 5.66. The summed E-state index contributed by atoms with van der Waals surface area (Å²) >= 11 is 0. The molecule has 2 rings (SSSR count). The highest BCUT2D eigenvalue weighted by Crippen LogP contribution is 2.24. The Morgan fingerprint density at radius 3 is 2.18 bits per heavy atom. The van der Waals surface area contributed by atoms with E-state index in [1.165, 1.54) is 24.3 Å². The third-order valence-corrected chi connectivity index (χ3v) is 2.41. The predicted octanol–water partition coefficient (Wildman–Crippen LogP) is 2.98. The van der Waals surface area contributed by atoms with Crippen LogP contribution in [0.1, 0.15) is 0 Å². The molecule has 0 atom stereocenters. The van der Waals surface area contributed by atoms with Gasteiger partial charge in [-0.05, 0) is 35.4 Å². The number of nitrogens with zero attached hydrogens (tertiary/aromatic N) is 1. The van der Waals surface area contributed by atoms with E-state index in [0.29, 0.717) is 11.1 Å². The molecule has 0 aliphatic heterocycles. The minimum Gasteiger partial charge on any atom is -0.396 e. The Morgan fingerprint density at radius 1 is 1.06 bits per heavy atom. The van der Waals surface area contributed by atoms with Gasteiger partial charge in [-0.3, -0.25) is 10.1 Å². The molecule has 0 radical (unpaired) electrons. The largest absolute Gasteiger partial charge is 0.396 e. The Kier molecular flexibility index (Phi) is 2.74. The summed E-state index contributed by atoms with van der Waals surface area (Å²) in [5.41, 5.74) is 6.78. The number of hydrogen-bond acceptors (Lipinski definition) is 3. The van der Waals surface area contributed by atoms with Crippen molar-refractivity contribution in [2.24, 2.45) is 0 Å². The number of nitro benzene ring substituents is 1. The summed E-state index contributed by atoms with van der Waals surface area (Å²) in [7, 11) is 0. The van der Waals surface area contributed by atoms with Crippen molar-refractivity contribution in [2.45, 2.75) is 0 Å². The van der Waals surface area contributed by atoms with Gasteiger partial charge in [0.05, 0.1) is 10.6 Å². The summed E-state index contributed by atoms with van der Waals surface area (Å²) in [5, 5.41) is 10.5. The van der Waals surface area contributed by atoms with Crippen LogP contribution in [0.2, 0.25) is 0 Å². The summed E-state index contributed by atoms with van der Waals surface area (Å²) in [5.74, 6) is -0.499. The molecule has 4 nitrogen and oxygen atoms in total. The van der Waals surface area contributed by atoms with Gasteiger partial charge < -0.3 is 5.73 Å². The number of rotatable bonds is 2. The van der Waals surface area contributed by atoms with Gasteiger partial charge in [0, 0.05) is 12.1 Å². The predicted molar refractivity (Wildman–Crippen MR) is 62.9 cm³/mol. The van der Waals surface area contributed by atoms with Crippen molar-refractivity contribution in [3.05, 3.63) is 58.4 Å². The number of benzene rings is 2. The van der Waals surface area contributed by atoms with E-state index in [1.807, 2.05) is 0 Å². The van der Waals surface area contributed by atoms with Crippen molar-refractivity contribution >= 4 is 11.4 Å². The lowest BCUT2D eigenvalue weighted by molar-refractivity contribution is -0.384. The second-order valence-corrected chi connectivity index (χ2v) is 3.54. The number of nitrogen functional groups attached to an aromatic ring is 1. The normalized spacial score (nSPS) is 10.2. The average molecular weight is 232 g/mol. The summed E-state index contributed by atoms with van der Waals surface area (Å²) in [6.07, 6.45) is 0. The van der Waals surface area contributed by atoms with Crippen LogP contribution in [0.5, 0.6) is 0 Å². The SMILES string of the molecule is Nc1ccc(-c2ccc([N+](=O)[O-])cc2)cc1F. The van der Waals surface area contributed by atoms with E-state index < -0.39 is 10.7 Å². The van der Waals surface area contributed by atoms with Crippen LogP contribution < -0.4 is 5.73 Å². The summed E-state index contributed by atoms with van der Waals surface area (Å²) < 4.78 is 13.2. The number of non-ortho nitro benzene ring substituents is 1. The molecular formula is C12H9FN2O2. The molecule has 2 aromatic rings. The van der Waals surface area contributed by atoms with Crippen molar-refractivity contribution in [3.63, 3.8) is 0 Å². The van der Waals surface area contributed by atoms with Crippen molar-refractivity contribution in [2.75, 3.05) is 5.73 Å². The van der Waals surface area contributed by atoms with E-state index in [1.54, 1.807) is 18.2 Å². The number of anilines is 1. The molecule has 0 bridgehead atoms. The van der Waals surface area contributed by atoms with Gasteiger partial charge >= 0.3 is 0 Å². The highest BCUT2D eigenvalue weighted by Gasteiger charge is 2.06. The topological polar surface area (TPSA) is 69.2 Å². The first-order chi connectivity index (χ1) is 8.08. The van der Waals surface area contributed by atoms with Gasteiger partial charge in [0.25, 0.3) is 5.69 Å². The van der Waals surface area contributed by atoms with Crippen LogP contribution in [-0.2, 0) is 0 Å². The summed E-state index contributed by atoms with van der Waals surface area (Å²) in [6, 6.07) is 10.3. The van der Waals surface area contributed by atoms with E-state index in [-0.39, 0.29) is 11.4 Å². The van der Waals surface area contributed by atoms with Gasteiger partial charge in [-0.1, -0.05) is 6.07 Å². The third kappa shape index (κ3) is 2.23. The number of halogens is 1. The molecule has 0 heterocycles. The fourth-order valence-electron chi connectivity index (χ4n) is 1.48. The zero-order valence-electron chi connectivity index (χ0n) is 8.76. The molecule has 0 spiro atoms. The van der Waals surface area contributed by atoms with Gasteiger partial charge in [-0.15, -0.1) is 0 Å². The third-order valence-electron chi connectivity index (χ3n) is 2.41. The van der Waals surface area contributed by atoms with E-state index >= 15 is 0 Å². The Hall–Kier alpha value is -2.43. The van der Waals surface area contributed by atoms with Crippen molar-refractivity contribution in [3.8, 4) is 11.1 Å². The molecule has 0 aliphatic carbocycles. The summed E-state index contributed by atoms with van der Waals surface area (Å²) in [6.45, 7) is 0. The lowest BCUT2D eigenvalue weighted by atomic mass is 10.0. The Bertz CT molecular complexity index is 567. The lowest BCUT2D eigenvalue weighted by Crippen LogP contribution is -1.91. The van der Waals surface area contributed by atoms with Crippen LogP contribution in [-0.4, -0.2) is 4.92 Å². The second kappa shape index (κ2) is 4.21. The monoisotopic (exact) mass is 232 g/mol. The zero-order chi connectivity index (χ0) is 12.4. The molecule has 0 aliphatic rings. The maximum atomic E-state index is 13.2. The van der Waals surface area contributed by atoms with Crippen molar-refractivity contribution < 1.29 is 9.31 Å².